The van der Waals surface area contributed by atoms with Crippen molar-refractivity contribution in [3.8, 4) is 0 Å². The standard InChI is InChI=1S/C30H35Cl2N3O4S/c1-6-27(30(37)33-20(2)3)34(18-23-11-7-21(4)8-12-23)29(36)19-35(28-17-24(31)13-16-26(28)32)40(38,39)25-14-9-22(5)10-15-25/h7-17,20,27H,6,18-19H2,1-5H3,(H,33,37). The fraction of sp³-hybridized carbons (Fsp3) is 0.333. The van der Waals surface area contributed by atoms with Gasteiger partial charge in [0.1, 0.15) is 12.6 Å². The van der Waals surface area contributed by atoms with Crippen LogP contribution in [-0.2, 0) is 26.2 Å². The van der Waals surface area contributed by atoms with Crippen molar-refractivity contribution >= 4 is 50.7 Å². The third kappa shape index (κ3) is 7.77. The molecular formula is C30H35Cl2N3O4S. The molecule has 3 rings (SSSR count). The molecule has 10 heteroatoms. The summed E-state index contributed by atoms with van der Waals surface area (Å²) < 4.78 is 28.9. The lowest BCUT2D eigenvalue weighted by Gasteiger charge is -2.33. The van der Waals surface area contributed by atoms with Gasteiger partial charge in [0.05, 0.1) is 15.6 Å². The van der Waals surface area contributed by atoms with Crippen molar-refractivity contribution in [1.29, 1.82) is 0 Å². The van der Waals surface area contributed by atoms with Gasteiger partial charge in [-0.25, -0.2) is 8.42 Å². The highest BCUT2D eigenvalue weighted by atomic mass is 35.5. The zero-order valence-electron chi connectivity index (χ0n) is 23.3. The van der Waals surface area contributed by atoms with Crippen LogP contribution in [0.1, 0.15) is 43.9 Å². The molecule has 0 aliphatic rings. The summed E-state index contributed by atoms with van der Waals surface area (Å²) >= 11 is 12.7. The minimum atomic E-state index is -4.25. The Bertz CT molecular complexity index is 1440. The van der Waals surface area contributed by atoms with Crippen molar-refractivity contribution < 1.29 is 18.0 Å². The highest BCUT2D eigenvalue weighted by molar-refractivity contribution is 7.92. The molecular weight excluding hydrogens is 569 g/mol. The van der Waals surface area contributed by atoms with Gasteiger partial charge >= 0.3 is 0 Å². The monoisotopic (exact) mass is 603 g/mol. The van der Waals surface area contributed by atoms with Crippen LogP contribution >= 0.6 is 23.2 Å². The van der Waals surface area contributed by atoms with Gasteiger partial charge in [-0.05, 0) is 70.0 Å². The maximum Gasteiger partial charge on any atom is 0.264 e. The molecule has 0 saturated carbocycles. The van der Waals surface area contributed by atoms with Crippen LogP contribution in [0.5, 0.6) is 0 Å². The summed E-state index contributed by atoms with van der Waals surface area (Å²) in [7, 11) is -4.25. The Kier molecular flexibility index (Phi) is 10.6. The predicted octanol–water partition coefficient (Wildman–Crippen LogP) is 6.14. The molecule has 0 saturated heterocycles. The summed E-state index contributed by atoms with van der Waals surface area (Å²) in [6.45, 7) is 8.83. The van der Waals surface area contributed by atoms with E-state index in [1.165, 1.54) is 29.2 Å². The molecule has 3 aromatic rings. The molecule has 0 aliphatic carbocycles. The quantitative estimate of drug-likeness (QED) is 0.285. The number of benzene rings is 3. The Balaban J connectivity index is 2.10. The lowest BCUT2D eigenvalue weighted by atomic mass is 10.1. The van der Waals surface area contributed by atoms with Gasteiger partial charge in [-0.15, -0.1) is 0 Å². The summed E-state index contributed by atoms with van der Waals surface area (Å²) in [5, 5.41) is 3.26. The average Bonchev–Trinajstić information content (AvgIpc) is 2.89. The second-order valence-electron chi connectivity index (χ2n) is 10.0. The highest BCUT2D eigenvalue weighted by Gasteiger charge is 2.34. The number of hydrogen-bond donors (Lipinski definition) is 1. The number of nitrogens with one attached hydrogen (secondary N) is 1. The van der Waals surface area contributed by atoms with Crippen molar-refractivity contribution in [3.63, 3.8) is 0 Å². The first-order valence-corrected chi connectivity index (χ1v) is 15.2. The Hall–Kier alpha value is -3.07. The lowest BCUT2D eigenvalue weighted by Crippen LogP contribution is -2.53. The Labute approximate surface area is 247 Å². The van der Waals surface area contributed by atoms with Crippen molar-refractivity contribution in [2.75, 3.05) is 10.8 Å². The average molecular weight is 605 g/mol. The predicted molar refractivity (Wildman–Crippen MR) is 161 cm³/mol. The minimum absolute atomic E-state index is 0.00313. The molecule has 1 atom stereocenters. The Morgan fingerprint density at radius 1 is 0.900 bits per heavy atom. The zero-order chi connectivity index (χ0) is 29.6. The summed E-state index contributed by atoms with van der Waals surface area (Å²) in [5.41, 5.74) is 2.81. The minimum Gasteiger partial charge on any atom is -0.352 e. The van der Waals surface area contributed by atoms with Crippen LogP contribution in [0.3, 0.4) is 0 Å². The molecule has 214 valence electrons. The normalized spacial score (nSPS) is 12.2. The zero-order valence-corrected chi connectivity index (χ0v) is 25.6. The van der Waals surface area contributed by atoms with Gasteiger partial charge in [0.15, 0.2) is 0 Å². The van der Waals surface area contributed by atoms with Gasteiger partial charge < -0.3 is 10.2 Å². The number of nitrogens with zero attached hydrogens (tertiary/aromatic N) is 2. The van der Waals surface area contributed by atoms with Gasteiger partial charge in [0, 0.05) is 17.6 Å². The maximum absolute atomic E-state index is 14.1. The largest absolute Gasteiger partial charge is 0.352 e. The fourth-order valence-electron chi connectivity index (χ4n) is 4.22. The summed E-state index contributed by atoms with van der Waals surface area (Å²) in [5.74, 6) is -0.871. The number of amides is 2. The fourth-order valence-corrected chi connectivity index (χ4v) is 6.08. The molecule has 0 spiro atoms. The number of sulfonamides is 1. The lowest BCUT2D eigenvalue weighted by molar-refractivity contribution is -0.140. The van der Waals surface area contributed by atoms with E-state index in [2.05, 4.69) is 5.32 Å². The third-order valence-corrected chi connectivity index (χ3v) is 8.68. The molecule has 2 amide bonds. The first-order valence-electron chi connectivity index (χ1n) is 13.0. The van der Waals surface area contributed by atoms with Crippen LogP contribution in [0.25, 0.3) is 0 Å². The Morgan fingerprint density at radius 3 is 2.02 bits per heavy atom. The molecule has 1 N–H and O–H groups in total. The van der Waals surface area contributed by atoms with Crippen LogP contribution in [0.2, 0.25) is 10.0 Å². The van der Waals surface area contributed by atoms with Crippen molar-refractivity contribution in [2.45, 2.75) is 64.6 Å². The molecule has 0 heterocycles. The molecule has 1 unspecified atom stereocenters. The van der Waals surface area contributed by atoms with E-state index in [1.54, 1.807) is 18.2 Å². The number of halogens is 2. The molecule has 7 nitrogen and oxygen atoms in total. The topological polar surface area (TPSA) is 86.8 Å². The van der Waals surface area contributed by atoms with Crippen molar-refractivity contribution in [3.05, 3.63) is 93.5 Å². The van der Waals surface area contributed by atoms with E-state index >= 15 is 0 Å². The van der Waals surface area contributed by atoms with Gasteiger partial charge in [-0.1, -0.05) is 77.7 Å². The number of anilines is 1. The first kappa shape index (κ1) is 31.5. The van der Waals surface area contributed by atoms with Crippen LogP contribution in [0, 0.1) is 13.8 Å². The molecule has 0 radical (unpaired) electrons. The molecule has 0 aromatic heterocycles. The first-order chi connectivity index (χ1) is 18.8. The van der Waals surface area contributed by atoms with E-state index in [1.807, 2.05) is 58.9 Å². The van der Waals surface area contributed by atoms with Gasteiger partial charge in [-0.2, -0.15) is 0 Å². The number of aryl methyl sites for hydroxylation is 2. The Morgan fingerprint density at radius 2 is 1.48 bits per heavy atom. The second-order valence-corrected chi connectivity index (χ2v) is 12.7. The third-order valence-electron chi connectivity index (χ3n) is 6.36. The van der Waals surface area contributed by atoms with Gasteiger partial charge in [0.25, 0.3) is 10.0 Å². The summed E-state index contributed by atoms with van der Waals surface area (Å²) in [6, 6.07) is 17.4. The number of carbonyl (C=O) groups excluding carboxylic acids is 2. The summed E-state index contributed by atoms with van der Waals surface area (Å²) in [6.07, 6.45) is 0.332. The summed E-state index contributed by atoms with van der Waals surface area (Å²) in [4.78, 5) is 28.7. The van der Waals surface area contributed by atoms with Crippen LogP contribution in [0.15, 0.2) is 71.6 Å². The van der Waals surface area contributed by atoms with Crippen molar-refractivity contribution in [1.82, 2.24) is 10.2 Å². The number of hydrogen-bond acceptors (Lipinski definition) is 4. The highest BCUT2D eigenvalue weighted by Crippen LogP contribution is 2.33. The maximum atomic E-state index is 14.1. The van der Waals surface area contributed by atoms with E-state index in [4.69, 9.17) is 23.2 Å². The van der Waals surface area contributed by atoms with E-state index in [0.717, 1.165) is 21.0 Å². The van der Waals surface area contributed by atoms with E-state index in [-0.39, 0.29) is 39.1 Å². The van der Waals surface area contributed by atoms with E-state index in [9.17, 15) is 18.0 Å². The molecule has 3 aromatic carbocycles. The van der Waals surface area contributed by atoms with Crippen LogP contribution in [-0.4, -0.2) is 43.8 Å². The molecule has 0 fully saturated rings. The van der Waals surface area contributed by atoms with Crippen LogP contribution < -0.4 is 9.62 Å². The second kappa shape index (κ2) is 13.5. The number of rotatable bonds is 11. The number of carbonyl (C=O) groups is 2. The van der Waals surface area contributed by atoms with E-state index in [0.29, 0.717) is 6.42 Å². The molecule has 0 aliphatic heterocycles. The van der Waals surface area contributed by atoms with Crippen molar-refractivity contribution in [2.24, 2.45) is 0 Å². The van der Waals surface area contributed by atoms with E-state index < -0.39 is 28.5 Å². The van der Waals surface area contributed by atoms with Crippen LogP contribution in [0.4, 0.5) is 5.69 Å². The molecule has 0 bridgehead atoms. The molecule has 40 heavy (non-hydrogen) atoms. The SMILES string of the molecule is CCC(C(=O)NC(C)C)N(Cc1ccc(C)cc1)C(=O)CN(c1cc(Cl)ccc1Cl)S(=O)(=O)c1ccc(C)cc1. The van der Waals surface area contributed by atoms with Gasteiger partial charge in [-0.3, -0.25) is 13.9 Å². The smallest absolute Gasteiger partial charge is 0.264 e. The van der Waals surface area contributed by atoms with Gasteiger partial charge in [0.2, 0.25) is 11.8 Å².